The minimum Gasteiger partial charge on any atom is -0.379 e. The highest BCUT2D eigenvalue weighted by atomic mass is 32.1. The van der Waals surface area contributed by atoms with E-state index in [0.717, 1.165) is 23.8 Å². The maximum atomic E-state index is 12.4. The number of carbonyl (C=O) groups is 1. The van der Waals surface area contributed by atoms with E-state index in [9.17, 15) is 4.79 Å². The van der Waals surface area contributed by atoms with Gasteiger partial charge < -0.3 is 4.74 Å². The second-order valence-electron chi connectivity index (χ2n) is 5.14. The van der Waals surface area contributed by atoms with Crippen LogP contribution >= 0.6 is 11.3 Å². The van der Waals surface area contributed by atoms with Crippen LogP contribution in [0.4, 0.5) is 0 Å². The van der Waals surface area contributed by atoms with Crippen LogP contribution in [0.1, 0.15) is 24.5 Å². The average molecular weight is 268 g/mol. The molecule has 1 aliphatic rings. The summed E-state index contributed by atoms with van der Waals surface area (Å²) in [5.74, 6) is 0.235. The zero-order chi connectivity index (χ0) is 13.2. The van der Waals surface area contributed by atoms with Gasteiger partial charge in [0, 0.05) is 24.2 Å². The summed E-state index contributed by atoms with van der Waals surface area (Å²) in [6.07, 6.45) is 0.433. The predicted octanol–water partition coefficient (Wildman–Crippen LogP) is 1.67. The third kappa shape index (κ3) is 2.96. The van der Waals surface area contributed by atoms with Crippen LogP contribution < -0.4 is 0 Å². The molecule has 1 aliphatic heterocycles. The van der Waals surface area contributed by atoms with Crippen LogP contribution in [0.15, 0.2) is 5.38 Å². The lowest BCUT2D eigenvalue weighted by atomic mass is 9.94. The second kappa shape index (κ2) is 5.47. The van der Waals surface area contributed by atoms with E-state index in [4.69, 9.17) is 4.74 Å². The van der Waals surface area contributed by atoms with Crippen LogP contribution in [0.5, 0.6) is 0 Å². The lowest BCUT2D eigenvalue weighted by Gasteiger charge is -2.39. The molecule has 1 saturated heterocycles. The van der Waals surface area contributed by atoms with E-state index in [0.29, 0.717) is 19.6 Å². The molecule has 0 aromatic carbocycles. The molecule has 0 spiro atoms. The molecular weight excluding hydrogens is 248 g/mol. The Morgan fingerprint density at radius 2 is 2.17 bits per heavy atom. The number of thiazole rings is 1. The first-order valence-electron chi connectivity index (χ1n) is 6.27. The molecule has 0 amide bonds. The van der Waals surface area contributed by atoms with Crippen molar-refractivity contribution in [2.75, 3.05) is 26.3 Å². The number of aryl methyl sites for hydroxylation is 1. The molecule has 100 valence electrons. The molecule has 0 N–H and O–H groups in total. The molecular formula is C13H20N2O2S. The van der Waals surface area contributed by atoms with Gasteiger partial charge in [0.25, 0.3) is 0 Å². The van der Waals surface area contributed by atoms with Gasteiger partial charge in [0.15, 0.2) is 5.78 Å². The van der Waals surface area contributed by atoms with Gasteiger partial charge >= 0.3 is 0 Å². The van der Waals surface area contributed by atoms with Gasteiger partial charge in [-0.1, -0.05) is 0 Å². The average Bonchev–Trinajstić information content (AvgIpc) is 2.76. The zero-order valence-electron chi connectivity index (χ0n) is 11.2. The predicted molar refractivity (Wildman–Crippen MR) is 72.0 cm³/mol. The molecule has 0 unspecified atom stereocenters. The molecule has 1 aromatic heterocycles. The highest BCUT2D eigenvalue weighted by Crippen LogP contribution is 2.20. The molecule has 2 rings (SSSR count). The standard InChI is InChI=1S/C13H20N2O2S/c1-10-9-18-12(14-10)8-11(16)13(2,3)15-4-6-17-7-5-15/h9H,4-8H2,1-3H3. The van der Waals surface area contributed by atoms with E-state index < -0.39 is 5.54 Å². The van der Waals surface area contributed by atoms with Crippen molar-refractivity contribution in [1.82, 2.24) is 9.88 Å². The lowest BCUT2D eigenvalue weighted by molar-refractivity contribution is -0.131. The smallest absolute Gasteiger partial charge is 0.159 e. The van der Waals surface area contributed by atoms with Gasteiger partial charge in [0.1, 0.15) is 5.01 Å². The highest BCUT2D eigenvalue weighted by molar-refractivity contribution is 7.09. The summed E-state index contributed by atoms with van der Waals surface area (Å²) in [6, 6.07) is 0. The fourth-order valence-corrected chi connectivity index (χ4v) is 2.91. The van der Waals surface area contributed by atoms with Crippen molar-refractivity contribution in [1.29, 1.82) is 0 Å². The summed E-state index contributed by atoms with van der Waals surface area (Å²) < 4.78 is 5.33. The molecule has 0 atom stereocenters. The summed E-state index contributed by atoms with van der Waals surface area (Å²) in [5, 5.41) is 2.91. The van der Waals surface area contributed by atoms with E-state index in [1.54, 1.807) is 11.3 Å². The minimum atomic E-state index is -0.427. The molecule has 0 aliphatic carbocycles. The Morgan fingerprint density at radius 3 is 2.72 bits per heavy atom. The van der Waals surface area contributed by atoms with Gasteiger partial charge in [0.05, 0.1) is 25.2 Å². The summed E-state index contributed by atoms with van der Waals surface area (Å²) in [5.41, 5.74) is 0.565. The van der Waals surface area contributed by atoms with Crippen LogP contribution in [-0.4, -0.2) is 47.5 Å². The largest absolute Gasteiger partial charge is 0.379 e. The summed E-state index contributed by atoms with van der Waals surface area (Å²) in [4.78, 5) is 19.0. The molecule has 0 bridgehead atoms. The number of carbonyl (C=O) groups excluding carboxylic acids is 1. The molecule has 1 aromatic rings. The number of nitrogens with zero attached hydrogens (tertiary/aromatic N) is 2. The van der Waals surface area contributed by atoms with Crippen LogP contribution in [0, 0.1) is 6.92 Å². The van der Waals surface area contributed by atoms with Gasteiger partial charge in [-0.05, 0) is 20.8 Å². The maximum absolute atomic E-state index is 12.4. The molecule has 5 heteroatoms. The molecule has 0 radical (unpaired) electrons. The topological polar surface area (TPSA) is 42.4 Å². The van der Waals surface area contributed by atoms with Gasteiger partial charge in [-0.15, -0.1) is 11.3 Å². The van der Waals surface area contributed by atoms with Gasteiger partial charge in [0.2, 0.25) is 0 Å². The van der Waals surface area contributed by atoms with Crippen LogP contribution in [0.3, 0.4) is 0 Å². The Balaban J connectivity index is 2.02. The monoisotopic (exact) mass is 268 g/mol. The Labute approximate surface area is 112 Å². The maximum Gasteiger partial charge on any atom is 0.159 e. The number of hydrogen-bond acceptors (Lipinski definition) is 5. The number of aromatic nitrogens is 1. The fraction of sp³-hybridized carbons (Fsp3) is 0.692. The number of ketones is 1. The minimum absolute atomic E-state index is 0.235. The Kier molecular flexibility index (Phi) is 4.14. The van der Waals surface area contributed by atoms with Crippen LogP contribution in [-0.2, 0) is 16.0 Å². The molecule has 2 heterocycles. The normalized spacial score (nSPS) is 17.9. The fourth-order valence-electron chi connectivity index (χ4n) is 2.14. The summed E-state index contributed by atoms with van der Waals surface area (Å²) in [6.45, 7) is 9.05. The van der Waals surface area contributed by atoms with Gasteiger partial charge in [-0.25, -0.2) is 4.98 Å². The number of ether oxygens (including phenoxy) is 1. The number of morpholine rings is 1. The zero-order valence-corrected chi connectivity index (χ0v) is 12.0. The Bertz CT molecular complexity index is 422. The quantitative estimate of drug-likeness (QED) is 0.833. The number of hydrogen-bond donors (Lipinski definition) is 0. The van der Waals surface area contributed by atoms with Crippen LogP contribution in [0.2, 0.25) is 0 Å². The van der Waals surface area contributed by atoms with Gasteiger partial charge in [-0.3, -0.25) is 9.69 Å². The number of Topliss-reactive ketones (excluding diaryl/α,β-unsaturated/α-hetero) is 1. The van der Waals surface area contributed by atoms with E-state index in [1.165, 1.54) is 0 Å². The third-order valence-corrected chi connectivity index (χ3v) is 4.43. The Hall–Kier alpha value is -0.780. The van der Waals surface area contributed by atoms with Gasteiger partial charge in [-0.2, -0.15) is 0 Å². The number of rotatable bonds is 4. The van der Waals surface area contributed by atoms with Crippen molar-refractivity contribution < 1.29 is 9.53 Å². The second-order valence-corrected chi connectivity index (χ2v) is 6.08. The molecule has 0 saturated carbocycles. The first-order valence-corrected chi connectivity index (χ1v) is 7.15. The third-order valence-electron chi connectivity index (χ3n) is 3.46. The van der Waals surface area contributed by atoms with E-state index in [2.05, 4.69) is 9.88 Å². The van der Waals surface area contributed by atoms with Crippen molar-refractivity contribution in [2.24, 2.45) is 0 Å². The van der Waals surface area contributed by atoms with E-state index in [-0.39, 0.29) is 5.78 Å². The van der Waals surface area contributed by atoms with Crippen molar-refractivity contribution in [2.45, 2.75) is 32.7 Å². The molecule has 1 fully saturated rings. The first-order chi connectivity index (χ1) is 8.50. The highest BCUT2D eigenvalue weighted by Gasteiger charge is 2.35. The first kappa shape index (κ1) is 13.6. The van der Waals surface area contributed by atoms with E-state index in [1.807, 2.05) is 26.2 Å². The molecule has 4 nitrogen and oxygen atoms in total. The van der Waals surface area contributed by atoms with Crippen molar-refractivity contribution in [3.05, 3.63) is 16.1 Å². The SMILES string of the molecule is Cc1csc(CC(=O)C(C)(C)N2CCOCC2)n1. The Morgan fingerprint density at radius 1 is 1.50 bits per heavy atom. The molecule has 18 heavy (non-hydrogen) atoms. The lowest BCUT2D eigenvalue weighted by Crippen LogP contribution is -2.54. The summed E-state index contributed by atoms with van der Waals surface area (Å²) >= 11 is 1.57. The van der Waals surface area contributed by atoms with E-state index >= 15 is 0 Å². The van der Waals surface area contributed by atoms with Crippen molar-refractivity contribution in [3.63, 3.8) is 0 Å². The van der Waals surface area contributed by atoms with Crippen LogP contribution in [0.25, 0.3) is 0 Å². The van der Waals surface area contributed by atoms with Crippen molar-refractivity contribution >= 4 is 17.1 Å². The van der Waals surface area contributed by atoms with Crippen molar-refractivity contribution in [3.8, 4) is 0 Å². The summed E-state index contributed by atoms with van der Waals surface area (Å²) in [7, 11) is 0.